The zero-order chi connectivity index (χ0) is 42.9. The van der Waals surface area contributed by atoms with E-state index in [9.17, 15) is 24.3 Å². The third-order valence-electron chi connectivity index (χ3n) is 12.5. The monoisotopic (exact) mass is 825 g/mol. The second-order valence-electron chi connectivity index (χ2n) is 15.6. The van der Waals surface area contributed by atoms with Crippen molar-refractivity contribution in [1.29, 1.82) is 0 Å². The lowest BCUT2D eigenvalue weighted by Gasteiger charge is -2.49. The van der Waals surface area contributed by atoms with Crippen molar-refractivity contribution >= 4 is 28.5 Å². The van der Waals surface area contributed by atoms with Gasteiger partial charge in [0.25, 0.3) is 17.4 Å². The van der Waals surface area contributed by atoms with E-state index in [1.165, 1.54) is 41.3 Å². The summed E-state index contributed by atoms with van der Waals surface area (Å²) in [5, 5.41) is 12.7. The van der Waals surface area contributed by atoms with E-state index in [1.54, 1.807) is 67.7 Å². The van der Waals surface area contributed by atoms with Gasteiger partial charge in [0.1, 0.15) is 17.2 Å². The van der Waals surface area contributed by atoms with Gasteiger partial charge in [-0.1, -0.05) is 54.1 Å². The molecule has 61 heavy (non-hydrogen) atoms. The van der Waals surface area contributed by atoms with Crippen molar-refractivity contribution in [2.24, 2.45) is 13.0 Å². The van der Waals surface area contributed by atoms with Crippen molar-refractivity contribution < 1.29 is 28.9 Å². The smallest absolute Gasteiger partial charge is 0.347 e. The molecule has 1 saturated heterocycles. The molecule has 2 fully saturated rings. The number of hydrogen-bond acceptors (Lipinski definition) is 11. The number of aryl methyl sites for hydroxylation is 3. The summed E-state index contributed by atoms with van der Waals surface area (Å²) in [6.07, 6.45) is 1.74. The van der Waals surface area contributed by atoms with Gasteiger partial charge in [-0.05, 0) is 54.8 Å². The number of carbonyl (C=O) groups is 2. The number of phenolic OH excluding ortho intramolecular Hbond substituents is 1. The number of hydrogen-bond donors (Lipinski definition) is 2. The number of aromatic nitrogens is 5. The standard InChI is InChI=1S/C45H43N7O9/c1-25-11-13-27(14-12-25)47-51-40(54)31-22-34-29(39(30-21-28(59-3)15-16-36(30)53)45(31,42(51)56)26-9-7-6-8-10-26)17-20-50-43(57)49(44(58)52(34)50)19-18-32-41(55)48(2)35-24-38(61-5)37(60-4)23-33(35)46-32/h6-17,21,23-24,31,34,39,47,53H,18-20,22H2,1-5H3/t31-,34+,39+,45+/m0/s1. The number of nitrogens with zero attached hydrogens (tertiary/aromatic N) is 6. The highest BCUT2D eigenvalue weighted by Crippen LogP contribution is 2.63. The van der Waals surface area contributed by atoms with Crippen molar-refractivity contribution in [1.82, 2.24) is 28.5 Å². The number of fused-ring (bicyclic) bond motifs is 5. The Morgan fingerprint density at radius 2 is 1.59 bits per heavy atom. The number of phenols is 1. The fourth-order valence-corrected chi connectivity index (χ4v) is 9.57. The molecule has 0 unspecified atom stereocenters. The van der Waals surface area contributed by atoms with Gasteiger partial charge < -0.3 is 23.9 Å². The Labute approximate surface area is 348 Å². The molecule has 2 N–H and O–H groups in total. The Balaban J connectivity index is 1.17. The molecule has 16 heteroatoms. The third kappa shape index (κ3) is 5.87. The number of imide groups is 1. The zero-order valence-electron chi connectivity index (χ0n) is 34.1. The molecule has 16 nitrogen and oxygen atoms in total. The fourth-order valence-electron chi connectivity index (χ4n) is 9.57. The first-order valence-electron chi connectivity index (χ1n) is 19.8. The normalized spacial score (nSPS) is 20.5. The number of ether oxygens (including phenoxy) is 3. The number of anilines is 1. The van der Waals surface area contributed by atoms with Crippen LogP contribution in [0.5, 0.6) is 23.0 Å². The molecule has 4 aromatic carbocycles. The molecule has 2 aliphatic heterocycles. The number of aromatic hydroxyl groups is 1. The van der Waals surface area contributed by atoms with Crippen molar-refractivity contribution in [2.45, 2.75) is 50.2 Å². The predicted molar refractivity (Wildman–Crippen MR) is 224 cm³/mol. The van der Waals surface area contributed by atoms with E-state index >= 15 is 4.79 Å². The molecule has 9 rings (SSSR count). The molecule has 6 aromatic rings. The van der Waals surface area contributed by atoms with Crippen LogP contribution in [0.3, 0.4) is 0 Å². The summed E-state index contributed by atoms with van der Waals surface area (Å²) in [5.74, 6) is -2.02. The fraction of sp³-hybridized carbons (Fsp3) is 0.289. The van der Waals surface area contributed by atoms with E-state index in [0.717, 1.165) is 15.1 Å². The van der Waals surface area contributed by atoms with E-state index < -0.39 is 52.0 Å². The average Bonchev–Trinajstić information content (AvgIpc) is 3.65. The molecule has 4 heterocycles. The number of nitrogens with one attached hydrogen (secondary N) is 1. The summed E-state index contributed by atoms with van der Waals surface area (Å²) in [4.78, 5) is 77.4. The Kier molecular flexibility index (Phi) is 9.44. The average molecular weight is 826 g/mol. The van der Waals surface area contributed by atoms with Gasteiger partial charge in [0.05, 0.1) is 62.0 Å². The van der Waals surface area contributed by atoms with Crippen LogP contribution in [0.4, 0.5) is 5.69 Å². The zero-order valence-corrected chi connectivity index (χ0v) is 34.1. The van der Waals surface area contributed by atoms with Crippen LogP contribution in [0.1, 0.15) is 40.8 Å². The van der Waals surface area contributed by atoms with Gasteiger partial charge in [0, 0.05) is 43.6 Å². The van der Waals surface area contributed by atoms with Gasteiger partial charge in [-0.2, -0.15) is 5.01 Å². The Hall–Kier alpha value is -7.36. The minimum atomic E-state index is -1.61. The van der Waals surface area contributed by atoms with Crippen molar-refractivity contribution in [3.63, 3.8) is 0 Å². The lowest BCUT2D eigenvalue weighted by atomic mass is 9.53. The number of allylic oxidation sites excluding steroid dienone is 2. The number of benzene rings is 4. The van der Waals surface area contributed by atoms with E-state index in [4.69, 9.17) is 14.2 Å². The lowest BCUT2D eigenvalue weighted by molar-refractivity contribution is -0.138. The molecule has 2 amide bonds. The summed E-state index contributed by atoms with van der Waals surface area (Å²) < 4.78 is 21.7. The number of amides is 2. The number of methoxy groups -OCH3 is 3. The molecule has 0 radical (unpaired) electrons. The molecular weight excluding hydrogens is 783 g/mol. The Morgan fingerprint density at radius 3 is 2.30 bits per heavy atom. The van der Waals surface area contributed by atoms with E-state index in [2.05, 4.69) is 10.4 Å². The lowest BCUT2D eigenvalue weighted by Crippen LogP contribution is -2.53. The maximum Gasteiger partial charge on any atom is 0.347 e. The predicted octanol–water partition coefficient (Wildman–Crippen LogP) is 3.96. The second kappa shape index (κ2) is 14.7. The maximum absolute atomic E-state index is 15.4. The SMILES string of the molecule is COc1ccc(O)c([C@H]2C3=CCn4c(=O)n(CCc5nc6cc(OC)c(OC)cc6n(C)c5=O)c(=O)n4[C@@H]3C[C@H]3C(=O)N(Nc4ccc(C)cc4)C(=O)[C@@]23c2ccccc2)c1. The topological polar surface area (TPSA) is 181 Å². The van der Waals surface area contributed by atoms with Gasteiger partial charge in [-0.3, -0.25) is 19.8 Å². The van der Waals surface area contributed by atoms with E-state index in [-0.39, 0.29) is 37.4 Å². The minimum absolute atomic E-state index is 0.0277. The van der Waals surface area contributed by atoms with Crippen LogP contribution in [-0.4, -0.2) is 66.7 Å². The van der Waals surface area contributed by atoms with Crippen molar-refractivity contribution in [2.75, 3.05) is 26.8 Å². The van der Waals surface area contributed by atoms with Crippen molar-refractivity contribution in [3.8, 4) is 23.0 Å². The van der Waals surface area contributed by atoms with Crippen LogP contribution < -0.4 is 36.6 Å². The van der Waals surface area contributed by atoms with Crippen molar-refractivity contribution in [3.05, 3.63) is 150 Å². The van der Waals surface area contributed by atoms with Gasteiger partial charge in [0.2, 0.25) is 0 Å². The highest BCUT2D eigenvalue weighted by atomic mass is 16.5. The molecule has 1 saturated carbocycles. The summed E-state index contributed by atoms with van der Waals surface area (Å²) in [6.45, 7) is 1.72. The van der Waals surface area contributed by atoms with Gasteiger partial charge in [0.15, 0.2) is 11.5 Å². The highest BCUT2D eigenvalue weighted by molar-refractivity contribution is 6.12. The molecule has 4 atom stereocenters. The van der Waals surface area contributed by atoms with Crippen LogP contribution in [0.2, 0.25) is 0 Å². The molecule has 2 aromatic heterocycles. The summed E-state index contributed by atoms with van der Waals surface area (Å²) in [5.41, 5.74) is 3.85. The van der Waals surface area contributed by atoms with Crippen LogP contribution in [0, 0.1) is 12.8 Å². The van der Waals surface area contributed by atoms with Crippen LogP contribution in [0.15, 0.2) is 111 Å². The van der Waals surface area contributed by atoms with Crippen LogP contribution in [-0.2, 0) is 41.6 Å². The molecular formula is C45H43N7O9. The molecule has 0 spiro atoms. The summed E-state index contributed by atoms with van der Waals surface area (Å²) in [7, 11) is 6.09. The maximum atomic E-state index is 15.4. The first-order chi connectivity index (χ1) is 29.4. The number of hydrazine groups is 1. The summed E-state index contributed by atoms with van der Waals surface area (Å²) >= 11 is 0. The largest absolute Gasteiger partial charge is 0.508 e. The van der Waals surface area contributed by atoms with Gasteiger partial charge in [-0.25, -0.2) is 28.5 Å². The van der Waals surface area contributed by atoms with Gasteiger partial charge >= 0.3 is 11.4 Å². The summed E-state index contributed by atoms with van der Waals surface area (Å²) in [6, 6.07) is 23.5. The minimum Gasteiger partial charge on any atom is -0.508 e. The molecule has 1 aliphatic carbocycles. The molecule has 3 aliphatic rings. The highest BCUT2D eigenvalue weighted by Gasteiger charge is 2.69. The van der Waals surface area contributed by atoms with E-state index in [0.29, 0.717) is 50.7 Å². The number of carbonyl (C=O) groups excluding carboxylic acids is 2. The molecule has 312 valence electrons. The van der Waals surface area contributed by atoms with Crippen LogP contribution in [0.25, 0.3) is 11.0 Å². The van der Waals surface area contributed by atoms with Gasteiger partial charge in [-0.15, -0.1) is 0 Å². The Morgan fingerprint density at radius 1 is 0.869 bits per heavy atom. The molecule has 0 bridgehead atoms. The van der Waals surface area contributed by atoms with E-state index in [1.807, 2.05) is 31.2 Å². The number of rotatable bonds is 10. The quantitative estimate of drug-likeness (QED) is 0.151. The first-order valence-corrected chi connectivity index (χ1v) is 19.8. The third-order valence-corrected chi connectivity index (χ3v) is 12.5. The first kappa shape index (κ1) is 39.1. The second-order valence-corrected chi connectivity index (χ2v) is 15.6. The Bertz CT molecular complexity index is 2980. The van der Waals surface area contributed by atoms with Crippen LogP contribution >= 0.6 is 0 Å².